The Balaban J connectivity index is 1.86. The number of carbonyl (C=O) groups excluding carboxylic acids is 1. The Labute approximate surface area is 183 Å². The van der Waals surface area contributed by atoms with E-state index in [0.717, 1.165) is 12.8 Å². The number of amides is 1. The molecule has 0 saturated carbocycles. The van der Waals surface area contributed by atoms with Gasteiger partial charge in [0.15, 0.2) is 17.3 Å². The Hall–Kier alpha value is -4.08. The quantitative estimate of drug-likeness (QED) is 0.315. The smallest absolute Gasteiger partial charge is 0.284 e. The molecule has 0 spiro atoms. The second-order valence-electron chi connectivity index (χ2n) is 7.05. The number of benzene rings is 2. The highest BCUT2D eigenvalue weighted by Crippen LogP contribution is 2.44. The largest absolute Gasteiger partial charge is 0.497 e. The zero-order valence-electron chi connectivity index (χ0n) is 17.5. The number of nitro groups is 1. The van der Waals surface area contributed by atoms with Crippen LogP contribution < -0.4 is 19.5 Å². The van der Waals surface area contributed by atoms with Gasteiger partial charge in [0.25, 0.3) is 11.6 Å². The monoisotopic (exact) mass is 439 g/mol. The number of nitrogens with zero attached hydrogens (tertiary/aromatic N) is 2. The predicted octanol–water partition coefficient (Wildman–Crippen LogP) is 4.18. The molecule has 0 unspecified atom stereocenters. The average Bonchev–Trinajstić information content (AvgIpc) is 3.45. The zero-order valence-corrected chi connectivity index (χ0v) is 17.5. The molecule has 0 aliphatic carbocycles. The van der Waals surface area contributed by atoms with E-state index in [-0.39, 0.29) is 40.8 Å². The summed E-state index contributed by atoms with van der Waals surface area (Å²) in [5, 5.41) is 18.7. The van der Waals surface area contributed by atoms with Gasteiger partial charge in [-0.1, -0.05) is 18.5 Å². The lowest BCUT2D eigenvalue weighted by atomic mass is 10.00. The van der Waals surface area contributed by atoms with E-state index in [1.807, 2.05) is 6.92 Å². The molecule has 0 atom stereocenters. The number of aromatic nitrogens is 1. The molecule has 2 heterocycles. The van der Waals surface area contributed by atoms with Crippen molar-refractivity contribution in [3.05, 3.63) is 52.1 Å². The van der Waals surface area contributed by atoms with Crippen molar-refractivity contribution in [2.24, 2.45) is 0 Å². The lowest BCUT2D eigenvalue weighted by Gasteiger charge is -2.08. The maximum atomic E-state index is 13.1. The van der Waals surface area contributed by atoms with Crippen molar-refractivity contribution in [2.75, 3.05) is 20.4 Å². The van der Waals surface area contributed by atoms with E-state index in [4.69, 9.17) is 18.7 Å². The van der Waals surface area contributed by atoms with Crippen molar-refractivity contribution in [1.82, 2.24) is 10.5 Å². The molecule has 4 rings (SSSR count). The topological polar surface area (TPSA) is 126 Å². The van der Waals surface area contributed by atoms with Gasteiger partial charge < -0.3 is 24.1 Å². The third-order valence-electron chi connectivity index (χ3n) is 5.03. The van der Waals surface area contributed by atoms with Gasteiger partial charge in [-0.3, -0.25) is 14.9 Å². The van der Waals surface area contributed by atoms with Crippen LogP contribution in [0.5, 0.6) is 17.2 Å². The van der Waals surface area contributed by atoms with E-state index in [9.17, 15) is 14.9 Å². The van der Waals surface area contributed by atoms with Crippen LogP contribution in [0.2, 0.25) is 0 Å². The van der Waals surface area contributed by atoms with Crippen LogP contribution in [0.4, 0.5) is 5.69 Å². The standard InChI is InChI=1S/C22H21N3O7/c1-3-4-9-23-22(26)19-20(13-5-7-14(29-2)8-6-13)24-32-21(19)15-10-17-18(31-12-30-17)11-16(15)25(27)28/h5-8,10-11H,3-4,9,12H2,1-2H3,(H,23,26). The Morgan fingerprint density at radius 3 is 2.59 bits per heavy atom. The van der Waals surface area contributed by atoms with Gasteiger partial charge >= 0.3 is 0 Å². The van der Waals surface area contributed by atoms with Gasteiger partial charge in [-0.15, -0.1) is 0 Å². The highest BCUT2D eigenvalue weighted by atomic mass is 16.7. The van der Waals surface area contributed by atoms with Gasteiger partial charge in [-0.25, -0.2) is 0 Å². The van der Waals surface area contributed by atoms with E-state index >= 15 is 0 Å². The van der Waals surface area contributed by atoms with E-state index < -0.39 is 10.8 Å². The molecule has 10 heteroatoms. The van der Waals surface area contributed by atoms with Crippen molar-refractivity contribution < 1.29 is 28.5 Å². The summed E-state index contributed by atoms with van der Waals surface area (Å²) in [5.41, 5.74) is 0.767. The normalized spacial score (nSPS) is 11.9. The molecule has 0 fully saturated rings. The van der Waals surface area contributed by atoms with Crippen LogP contribution in [0.3, 0.4) is 0 Å². The molecule has 0 saturated heterocycles. The third kappa shape index (κ3) is 3.94. The third-order valence-corrected chi connectivity index (χ3v) is 5.03. The number of carbonyl (C=O) groups is 1. The van der Waals surface area contributed by atoms with Gasteiger partial charge in [0.05, 0.1) is 18.1 Å². The van der Waals surface area contributed by atoms with E-state index in [1.54, 1.807) is 31.4 Å². The van der Waals surface area contributed by atoms with E-state index in [2.05, 4.69) is 10.5 Å². The SMILES string of the molecule is CCCCNC(=O)c1c(-c2ccc(OC)cc2)noc1-c1cc2c(cc1[N+](=O)[O-])OCO2. The van der Waals surface area contributed by atoms with Gasteiger partial charge in [0, 0.05) is 18.2 Å². The number of fused-ring (bicyclic) bond motifs is 1. The van der Waals surface area contributed by atoms with Crippen LogP contribution in [-0.2, 0) is 0 Å². The molecule has 1 aliphatic rings. The highest BCUT2D eigenvalue weighted by molar-refractivity contribution is 6.05. The Bertz CT molecular complexity index is 1160. The number of hydrogen-bond donors (Lipinski definition) is 1. The molecule has 32 heavy (non-hydrogen) atoms. The Morgan fingerprint density at radius 2 is 1.94 bits per heavy atom. The summed E-state index contributed by atoms with van der Waals surface area (Å²) in [7, 11) is 1.55. The summed E-state index contributed by atoms with van der Waals surface area (Å²) >= 11 is 0. The molecule has 166 valence electrons. The molecule has 1 aromatic heterocycles. The molecule has 2 aromatic carbocycles. The number of rotatable bonds is 8. The molecule has 0 radical (unpaired) electrons. The fourth-order valence-corrected chi connectivity index (χ4v) is 3.36. The molecule has 1 N–H and O–H groups in total. The van der Waals surface area contributed by atoms with Crippen LogP contribution in [0, 0.1) is 10.1 Å². The Kier molecular flexibility index (Phi) is 5.93. The van der Waals surface area contributed by atoms with Crippen LogP contribution in [0.1, 0.15) is 30.1 Å². The first kappa shape index (κ1) is 21.2. The van der Waals surface area contributed by atoms with E-state index in [0.29, 0.717) is 23.6 Å². The lowest BCUT2D eigenvalue weighted by Crippen LogP contribution is -2.25. The minimum absolute atomic E-state index is 0.0187. The van der Waals surface area contributed by atoms with E-state index in [1.165, 1.54) is 12.1 Å². The fourth-order valence-electron chi connectivity index (χ4n) is 3.36. The summed E-state index contributed by atoms with van der Waals surface area (Å²) in [5.74, 6) is 0.759. The number of ether oxygens (including phenoxy) is 3. The predicted molar refractivity (Wildman–Crippen MR) is 114 cm³/mol. The minimum atomic E-state index is -0.564. The van der Waals surface area contributed by atoms with Crippen LogP contribution in [0.25, 0.3) is 22.6 Å². The average molecular weight is 439 g/mol. The first-order valence-corrected chi connectivity index (χ1v) is 10.0. The maximum absolute atomic E-state index is 13.1. The van der Waals surface area contributed by atoms with Gasteiger partial charge in [0.1, 0.15) is 22.6 Å². The molecule has 0 bridgehead atoms. The van der Waals surface area contributed by atoms with Crippen LogP contribution >= 0.6 is 0 Å². The first-order valence-electron chi connectivity index (χ1n) is 10.0. The molecule has 3 aromatic rings. The van der Waals surface area contributed by atoms with Gasteiger partial charge in [-0.2, -0.15) is 0 Å². The fraction of sp³-hybridized carbons (Fsp3) is 0.273. The second-order valence-corrected chi connectivity index (χ2v) is 7.05. The maximum Gasteiger partial charge on any atom is 0.284 e. The van der Waals surface area contributed by atoms with Gasteiger partial charge in [-0.05, 0) is 30.7 Å². The van der Waals surface area contributed by atoms with Crippen molar-refractivity contribution >= 4 is 11.6 Å². The molecular weight excluding hydrogens is 418 g/mol. The summed E-state index contributed by atoms with van der Waals surface area (Å²) in [6.45, 7) is 2.41. The van der Waals surface area contributed by atoms with Gasteiger partial charge in [0.2, 0.25) is 6.79 Å². The molecule has 1 amide bonds. The summed E-state index contributed by atoms with van der Waals surface area (Å²) in [6.07, 6.45) is 1.68. The van der Waals surface area contributed by atoms with Crippen molar-refractivity contribution in [2.45, 2.75) is 19.8 Å². The number of unbranched alkanes of at least 4 members (excludes halogenated alkanes) is 1. The number of nitrogens with one attached hydrogen (secondary N) is 1. The second kappa shape index (κ2) is 8.96. The first-order chi connectivity index (χ1) is 15.5. The molecular formula is C22H21N3O7. The van der Waals surface area contributed by atoms with Crippen molar-refractivity contribution in [3.8, 4) is 39.8 Å². The molecule has 1 aliphatic heterocycles. The lowest BCUT2D eigenvalue weighted by molar-refractivity contribution is -0.384. The Morgan fingerprint density at radius 1 is 1.22 bits per heavy atom. The van der Waals surface area contributed by atoms with Crippen LogP contribution in [0.15, 0.2) is 40.9 Å². The van der Waals surface area contributed by atoms with Crippen molar-refractivity contribution in [3.63, 3.8) is 0 Å². The summed E-state index contributed by atoms with van der Waals surface area (Å²) in [4.78, 5) is 24.3. The highest BCUT2D eigenvalue weighted by Gasteiger charge is 2.32. The minimum Gasteiger partial charge on any atom is -0.497 e. The number of hydrogen-bond acceptors (Lipinski definition) is 8. The molecule has 10 nitrogen and oxygen atoms in total. The number of methoxy groups -OCH3 is 1. The van der Waals surface area contributed by atoms with Crippen molar-refractivity contribution in [1.29, 1.82) is 0 Å². The number of nitro benzene ring substituents is 1. The summed E-state index contributed by atoms with van der Waals surface area (Å²) in [6, 6.07) is 9.61. The summed E-state index contributed by atoms with van der Waals surface area (Å²) < 4.78 is 21.3. The van der Waals surface area contributed by atoms with Crippen LogP contribution in [-0.4, -0.2) is 36.4 Å². The zero-order chi connectivity index (χ0) is 22.7.